The summed E-state index contributed by atoms with van der Waals surface area (Å²) < 4.78 is 0. The Kier molecular flexibility index (Phi) is 3.66. The Morgan fingerprint density at radius 2 is 2.29 bits per heavy atom. The molecule has 0 aliphatic heterocycles. The van der Waals surface area contributed by atoms with Crippen LogP contribution in [0.3, 0.4) is 0 Å². The van der Waals surface area contributed by atoms with Gasteiger partial charge in [-0.25, -0.2) is 0 Å². The van der Waals surface area contributed by atoms with Gasteiger partial charge in [-0.05, 0) is 48.9 Å². The van der Waals surface area contributed by atoms with Crippen molar-refractivity contribution in [2.75, 3.05) is 0 Å². The van der Waals surface area contributed by atoms with E-state index in [9.17, 15) is 9.90 Å². The molecule has 1 aliphatic rings. The van der Waals surface area contributed by atoms with E-state index in [1.165, 1.54) is 0 Å². The maximum atomic E-state index is 11.9. The summed E-state index contributed by atoms with van der Waals surface area (Å²) >= 11 is 0. The summed E-state index contributed by atoms with van der Waals surface area (Å²) in [5.41, 5.74) is 1.47. The Morgan fingerprint density at radius 1 is 1.43 bits per heavy atom. The molecule has 3 heteroatoms. The summed E-state index contributed by atoms with van der Waals surface area (Å²) in [6.45, 7) is 2.17. The third-order valence-corrected chi connectivity index (χ3v) is 4.76. The van der Waals surface area contributed by atoms with Crippen LogP contribution < -0.4 is 0 Å². The van der Waals surface area contributed by atoms with Crippen LogP contribution in [0.2, 0.25) is 0 Å². The monoisotopic (exact) mass is 283 g/mol. The van der Waals surface area contributed by atoms with Gasteiger partial charge in [0.05, 0.1) is 10.9 Å². The average Bonchev–Trinajstić information content (AvgIpc) is 2.47. The molecule has 2 aromatic rings. The normalized spacial score (nSPS) is 25.9. The summed E-state index contributed by atoms with van der Waals surface area (Å²) in [4.78, 5) is 16.2. The Hall–Kier alpha value is -1.90. The van der Waals surface area contributed by atoms with Gasteiger partial charge in [-0.2, -0.15) is 0 Å². The van der Waals surface area contributed by atoms with Crippen molar-refractivity contribution in [1.29, 1.82) is 0 Å². The molecule has 3 nitrogen and oxygen atoms in total. The van der Waals surface area contributed by atoms with Crippen molar-refractivity contribution in [2.24, 2.45) is 11.3 Å². The molecule has 0 saturated heterocycles. The van der Waals surface area contributed by atoms with Crippen molar-refractivity contribution < 1.29 is 9.90 Å². The molecule has 3 rings (SSSR count). The number of hydrogen-bond acceptors (Lipinski definition) is 2. The van der Waals surface area contributed by atoms with Crippen LogP contribution in [0, 0.1) is 11.3 Å². The fraction of sp³-hybridized carbons (Fsp3) is 0.444. The molecular formula is C18H21NO2. The highest BCUT2D eigenvalue weighted by Gasteiger charge is 2.41. The Bertz CT molecular complexity index is 667. The van der Waals surface area contributed by atoms with Gasteiger partial charge in [0.2, 0.25) is 0 Å². The van der Waals surface area contributed by atoms with E-state index in [1.54, 1.807) is 6.20 Å². The minimum atomic E-state index is -0.639. The van der Waals surface area contributed by atoms with Crippen LogP contribution in [0.5, 0.6) is 0 Å². The van der Waals surface area contributed by atoms with Gasteiger partial charge in [-0.3, -0.25) is 9.78 Å². The van der Waals surface area contributed by atoms with Crippen LogP contribution in [-0.2, 0) is 11.2 Å². The molecule has 2 unspecified atom stereocenters. The third-order valence-electron chi connectivity index (χ3n) is 4.76. The van der Waals surface area contributed by atoms with E-state index in [0.29, 0.717) is 12.3 Å². The first kappa shape index (κ1) is 14.1. The van der Waals surface area contributed by atoms with Crippen molar-refractivity contribution in [3.05, 3.63) is 42.1 Å². The molecule has 1 aromatic carbocycles. The minimum absolute atomic E-state index is 0.497. The lowest BCUT2D eigenvalue weighted by atomic mass is 9.67. The van der Waals surface area contributed by atoms with E-state index >= 15 is 0 Å². The molecule has 1 N–H and O–H groups in total. The highest BCUT2D eigenvalue weighted by molar-refractivity contribution is 5.80. The molecule has 0 bridgehead atoms. The number of nitrogens with zero attached hydrogens (tertiary/aromatic N) is 1. The Labute approximate surface area is 125 Å². The lowest BCUT2D eigenvalue weighted by molar-refractivity contribution is -0.152. The summed E-state index contributed by atoms with van der Waals surface area (Å²) in [7, 11) is 0. The topological polar surface area (TPSA) is 50.2 Å². The largest absolute Gasteiger partial charge is 0.481 e. The zero-order valence-electron chi connectivity index (χ0n) is 12.4. The second-order valence-corrected chi connectivity index (χ2v) is 6.49. The molecule has 1 aromatic heterocycles. The molecule has 0 radical (unpaired) electrons. The maximum absolute atomic E-state index is 11.9. The number of carboxylic acid groups (broad SMARTS) is 1. The van der Waals surface area contributed by atoms with Crippen LogP contribution in [0.15, 0.2) is 36.5 Å². The van der Waals surface area contributed by atoms with Crippen molar-refractivity contribution in [3.8, 4) is 0 Å². The van der Waals surface area contributed by atoms with E-state index in [-0.39, 0.29) is 0 Å². The molecule has 1 fully saturated rings. The second kappa shape index (κ2) is 5.47. The highest BCUT2D eigenvalue weighted by atomic mass is 16.4. The highest BCUT2D eigenvalue weighted by Crippen LogP contribution is 2.42. The Balaban J connectivity index is 1.92. The molecule has 0 spiro atoms. The number of carbonyl (C=O) groups is 1. The van der Waals surface area contributed by atoms with E-state index < -0.39 is 11.4 Å². The molecular weight excluding hydrogens is 262 g/mol. The minimum Gasteiger partial charge on any atom is -0.481 e. The number of carboxylic acids is 1. The van der Waals surface area contributed by atoms with Gasteiger partial charge in [0, 0.05) is 11.6 Å². The molecule has 0 amide bonds. The molecule has 1 saturated carbocycles. The zero-order valence-corrected chi connectivity index (χ0v) is 12.4. The van der Waals surface area contributed by atoms with Crippen LogP contribution in [-0.4, -0.2) is 16.1 Å². The van der Waals surface area contributed by atoms with Gasteiger partial charge < -0.3 is 5.11 Å². The van der Waals surface area contributed by atoms with E-state index in [0.717, 1.165) is 42.1 Å². The van der Waals surface area contributed by atoms with Crippen molar-refractivity contribution >= 4 is 16.9 Å². The van der Waals surface area contributed by atoms with Gasteiger partial charge in [-0.1, -0.05) is 31.9 Å². The van der Waals surface area contributed by atoms with Gasteiger partial charge in [0.1, 0.15) is 0 Å². The predicted molar refractivity (Wildman–Crippen MR) is 83.1 cm³/mol. The fourth-order valence-electron chi connectivity index (χ4n) is 3.72. The molecule has 110 valence electrons. The number of fused-ring (bicyclic) bond motifs is 1. The lowest BCUT2D eigenvalue weighted by Gasteiger charge is -2.36. The van der Waals surface area contributed by atoms with E-state index in [2.05, 4.69) is 18.0 Å². The number of hydrogen-bond donors (Lipinski definition) is 1. The summed E-state index contributed by atoms with van der Waals surface area (Å²) in [6, 6.07) is 10.1. The molecule has 1 aliphatic carbocycles. The first-order chi connectivity index (χ1) is 10.1. The third kappa shape index (κ3) is 2.78. The van der Waals surface area contributed by atoms with Crippen molar-refractivity contribution in [3.63, 3.8) is 0 Å². The van der Waals surface area contributed by atoms with E-state index in [4.69, 9.17) is 0 Å². The Morgan fingerprint density at radius 3 is 3.05 bits per heavy atom. The summed E-state index contributed by atoms with van der Waals surface area (Å²) in [5, 5.41) is 10.9. The zero-order chi connectivity index (χ0) is 14.9. The maximum Gasteiger partial charge on any atom is 0.309 e. The van der Waals surface area contributed by atoms with Crippen LogP contribution in [0.4, 0.5) is 0 Å². The van der Waals surface area contributed by atoms with Crippen molar-refractivity contribution in [2.45, 2.75) is 39.0 Å². The number of benzene rings is 1. The molecule has 21 heavy (non-hydrogen) atoms. The van der Waals surface area contributed by atoms with Crippen LogP contribution >= 0.6 is 0 Å². The first-order valence-corrected chi connectivity index (χ1v) is 7.66. The van der Waals surface area contributed by atoms with Gasteiger partial charge in [0.25, 0.3) is 0 Å². The van der Waals surface area contributed by atoms with E-state index in [1.807, 2.05) is 24.3 Å². The fourth-order valence-corrected chi connectivity index (χ4v) is 3.72. The lowest BCUT2D eigenvalue weighted by Crippen LogP contribution is -2.37. The standard InChI is InChI=1S/C18H21NO2/c1-13-4-2-8-18(11-13,17(20)21)12-14-6-7-16-15(10-14)5-3-9-19-16/h3,5-7,9-10,13H,2,4,8,11-12H2,1H3,(H,20,21). The SMILES string of the molecule is CC1CCCC(Cc2ccc3ncccc3c2)(C(=O)O)C1. The number of aliphatic carboxylic acids is 1. The van der Waals surface area contributed by atoms with Gasteiger partial charge in [-0.15, -0.1) is 0 Å². The quantitative estimate of drug-likeness (QED) is 0.924. The van der Waals surface area contributed by atoms with Crippen LogP contribution in [0.1, 0.15) is 38.2 Å². The van der Waals surface area contributed by atoms with Crippen LogP contribution in [0.25, 0.3) is 10.9 Å². The van der Waals surface area contributed by atoms with Crippen molar-refractivity contribution in [1.82, 2.24) is 4.98 Å². The molecule has 1 heterocycles. The number of aromatic nitrogens is 1. The van der Waals surface area contributed by atoms with Gasteiger partial charge in [0.15, 0.2) is 0 Å². The number of rotatable bonds is 3. The number of pyridine rings is 1. The first-order valence-electron chi connectivity index (χ1n) is 7.66. The smallest absolute Gasteiger partial charge is 0.309 e. The summed E-state index contributed by atoms with van der Waals surface area (Å²) in [6.07, 6.45) is 6.14. The van der Waals surface area contributed by atoms with Gasteiger partial charge >= 0.3 is 5.97 Å². The second-order valence-electron chi connectivity index (χ2n) is 6.49. The predicted octanol–water partition coefficient (Wildman–Crippen LogP) is 4.06. The molecule has 2 atom stereocenters. The summed E-state index contributed by atoms with van der Waals surface area (Å²) in [5.74, 6) is -0.141. The average molecular weight is 283 g/mol.